The van der Waals surface area contributed by atoms with Crippen molar-refractivity contribution in [1.82, 2.24) is 20.6 Å². The van der Waals surface area contributed by atoms with Gasteiger partial charge in [0.2, 0.25) is 17.7 Å². The van der Waals surface area contributed by atoms with Crippen LogP contribution in [0.1, 0.15) is 44.3 Å². The fourth-order valence-corrected chi connectivity index (χ4v) is 3.18. The largest absolute Gasteiger partial charge is 0.370 e. The molecule has 3 atom stereocenters. The normalized spacial score (nSPS) is 13.0. The smallest absolute Gasteiger partial charge is 0.243 e. The highest BCUT2D eigenvalue weighted by molar-refractivity contribution is 5.92. The average Bonchev–Trinajstić information content (AvgIpc) is 2.82. The van der Waals surface area contributed by atoms with Gasteiger partial charge in [0.25, 0.3) is 0 Å². The second-order valence-electron chi connectivity index (χ2n) is 8.09. The summed E-state index contributed by atoms with van der Waals surface area (Å²) >= 11 is 0. The lowest BCUT2D eigenvalue weighted by atomic mass is 10.0. The Morgan fingerprint density at radius 2 is 1.31 bits per heavy atom. The van der Waals surface area contributed by atoms with Gasteiger partial charge >= 0.3 is 0 Å². The van der Waals surface area contributed by atoms with Crippen molar-refractivity contribution in [2.75, 3.05) is 13.1 Å². The maximum atomic E-state index is 13.0. The van der Waals surface area contributed by atoms with E-state index in [2.05, 4.69) is 30.6 Å². The van der Waals surface area contributed by atoms with Crippen LogP contribution in [0.3, 0.4) is 0 Å². The van der Waals surface area contributed by atoms with Crippen LogP contribution in [0, 0.1) is 0 Å². The summed E-state index contributed by atoms with van der Waals surface area (Å²) in [5.74, 6) is -1.31. The highest BCUT2D eigenvalue weighted by Crippen LogP contribution is 2.06. The summed E-state index contributed by atoms with van der Waals surface area (Å²) in [6.45, 7) is 0.596. The zero-order valence-corrected chi connectivity index (χ0v) is 20.3. The van der Waals surface area contributed by atoms with Crippen LogP contribution in [0.2, 0.25) is 0 Å². The van der Waals surface area contributed by atoms with E-state index in [1.807, 2.05) is 0 Å². The molecule has 0 aliphatic heterocycles. The van der Waals surface area contributed by atoms with E-state index in [9.17, 15) is 14.4 Å². The molecular formula is C21H38N12O3. The fourth-order valence-electron chi connectivity index (χ4n) is 3.18. The number of nitrogens with one attached hydrogen (secondary N) is 2. The Morgan fingerprint density at radius 3 is 1.86 bits per heavy atom. The minimum atomic E-state index is -0.961. The van der Waals surface area contributed by atoms with E-state index < -0.39 is 35.8 Å². The summed E-state index contributed by atoms with van der Waals surface area (Å²) in [4.78, 5) is 53.5. The summed E-state index contributed by atoms with van der Waals surface area (Å²) in [7, 11) is 0. The van der Waals surface area contributed by atoms with Gasteiger partial charge in [-0.05, 0) is 44.6 Å². The summed E-state index contributed by atoms with van der Waals surface area (Å²) in [5.41, 5.74) is 32.6. The number of nitrogens with zero attached hydrogens (tertiary/aromatic N) is 4. The molecule has 1 aromatic heterocycles. The third-order valence-corrected chi connectivity index (χ3v) is 5.06. The molecule has 0 bridgehead atoms. The first-order valence-corrected chi connectivity index (χ1v) is 11.6. The molecule has 15 heteroatoms. The third kappa shape index (κ3) is 13.0. The van der Waals surface area contributed by atoms with E-state index in [0.717, 1.165) is 0 Å². The molecule has 200 valence electrons. The van der Waals surface area contributed by atoms with Crippen LogP contribution in [0.25, 0.3) is 0 Å². The zero-order valence-electron chi connectivity index (χ0n) is 20.3. The van der Waals surface area contributed by atoms with Gasteiger partial charge in [0.05, 0.1) is 6.04 Å². The van der Waals surface area contributed by atoms with Gasteiger partial charge in [0.1, 0.15) is 17.9 Å². The number of aromatic nitrogens is 2. The van der Waals surface area contributed by atoms with E-state index in [1.54, 1.807) is 18.5 Å². The average molecular weight is 507 g/mol. The predicted molar refractivity (Wildman–Crippen MR) is 136 cm³/mol. The van der Waals surface area contributed by atoms with Gasteiger partial charge in [-0.15, -0.1) is 0 Å². The first kappa shape index (κ1) is 30.0. The zero-order chi connectivity index (χ0) is 26.9. The van der Waals surface area contributed by atoms with Crippen molar-refractivity contribution >= 4 is 29.6 Å². The Kier molecular flexibility index (Phi) is 13.8. The summed E-state index contributed by atoms with van der Waals surface area (Å²) in [6, 6.07) is -1.09. The molecule has 3 amide bonds. The van der Waals surface area contributed by atoms with Crippen molar-refractivity contribution < 1.29 is 14.4 Å². The van der Waals surface area contributed by atoms with Crippen LogP contribution < -0.4 is 45.0 Å². The van der Waals surface area contributed by atoms with Crippen molar-refractivity contribution in [3.63, 3.8) is 0 Å². The lowest BCUT2D eigenvalue weighted by molar-refractivity contribution is -0.132. The molecule has 1 rings (SSSR count). The van der Waals surface area contributed by atoms with E-state index in [0.29, 0.717) is 44.5 Å². The first-order valence-electron chi connectivity index (χ1n) is 11.6. The summed E-state index contributed by atoms with van der Waals surface area (Å²) < 4.78 is 0. The number of nitrogens with two attached hydrogens (primary N) is 6. The van der Waals surface area contributed by atoms with Gasteiger partial charge < -0.3 is 45.0 Å². The SMILES string of the molecule is NC(=O)[C@@H](CCCN=C(N)N)NC(=O)[C@@H](CCCc1ncccn1)NC(=O)[C@H](N)CCCN=C(N)N. The topological polar surface area (TPSA) is 282 Å². The molecule has 0 fully saturated rings. The van der Waals surface area contributed by atoms with Gasteiger partial charge in [-0.3, -0.25) is 24.4 Å². The van der Waals surface area contributed by atoms with Gasteiger partial charge in [-0.1, -0.05) is 0 Å². The number of aliphatic imine (C=N–C) groups is 2. The predicted octanol–water partition coefficient (Wildman–Crippen LogP) is -3.31. The highest BCUT2D eigenvalue weighted by Gasteiger charge is 2.27. The Balaban J connectivity index is 2.79. The van der Waals surface area contributed by atoms with Gasteiger partial charge in [-0.2, -0.15) is 0 Å². The maximum absolute atomic E-state index is 13.0. The van der Waals surface area contributed by atoms with E-state index >= 15 is 0 Å². The molecule has 0 radical (unpaired) electrons. The number of hydrogen-bond donors (Lipinski definition) is 8. The van der Waals surface area contributed by atoms with Crippen LogP contribution in [-0.2, 0) is 20.8 Å². The highest BCUT2D eigenvalue weighted by atomic mass is 16.2. The minimum Gasteiger partial charge on any atom is -0.370 e. The van der Waals surface area contributed by atoms with Crippen molar-refractivity contribution in [3.8, 4) is 0 Å². The molecule has 1 heterocycles. The molecular weight excluding hydrogens is 468 g/mol. The molecule has 15 nitrogen and oxygen atoms in total. The van der Waals surface area contributed by atoms with E-state index in [4.69, 9.17) is 34.4 Å². The Morgan fingerprint density at radius 1 is 0.778 bits per heavy atom. The number of guanidine groups is 2. The molecule has 36 heavy (non-hydrogen) atoms. The number of aryl methyl sites for hydroxylation is 1. The van der Waals surface area contributed by atoms with Gasteiger partial charge in [-0.25, -0.2) is 9.97 Å². The second-order valence-corrected chi connectivity index (χ2v) is 8.09. The van der Waals surface area contributed by atoms with Crippen molar-refractivity contribution in [2.24, 2.45) is 44.4 Å². The maximum Gasteiger partial charge on any atom is 0.243 e. The molecule has 0 aromatic carbocycles. The van der Waals surface area contributed by atoms with Crippen molar-refractivity contribution in [3.05, 3.63) is 24.3 Å². The quantitative estimate of drug-likeness (QED) is 0.0591. The Bertz CT molecular complexity index is 885. The Labute approximate surface area is 209 Å². The standard InChI is InChI=1S/C21H38N12O3/c22-13(5-2-9-30-20(24)25)18(35)33-15(6-1-8-16-28-11-4-12-29-16)19(36)32-14(17(23)34)7-3-10-31-21(26)27/h4,11-15H,1-3,5-10,22H2,(H2,23,34)(H,32,36)(H,33,35)(H4,24,25,30)(H4,26,27,31)/t13-,14-,15-/m1/s1. The molecule has 0 spiro atoms. The van der Waals surface area contributed by atoms with Crippen LogP contribution in [0.4, 0.5) is 0 Å². The minimum absolute atomic E-state index is 0.0468. The van der Waals surface area contributed by atoms with Crippen LogP contribution in [0.15, 0.2) is 28.4 Å². The van der Waals surface area contributed by atoms with Gasteiger partial charge in [0, 0.05) is 31.9 Å². The number of rotatable bonds is 17. The molecule has 14 N–H and O–H groups in total. The molecule has 0 saturated heterocycles. The second kappa shape index (κ2) is 16.6. The summed E-state index contributed by atoms with van der Waals surface area (Å²) in [6.07, 6.45) is 5.91. The molecule has 0 unspecified atom stereocenters. The summed E-state index contributed by atoms with van der Waals surface area (Å²) in [5, 5.41) is 5.28. The number of carbonyl (C=O) groups is 3. The van der Waals surface area contributed by atoms with Crippen LogP contribution >= 0.6 is 0 Å². The van der Waals surface area contributed by atoms with E-state index in [-0.39, 0.29) is 31.3 Å². The van der Waals surface area contributed by atoms with Gasteiger partial charge in [0.15, 0.2) is 11.9 Å². The number of hydrogen-bond acceptors (Lipinski definition) is 8. The Hall–Kier alpha value is -4.01. The van der Waals surface area contributed by atoms with Crippen molar-refractivity contribution in [2.45, 2.75) is 63.1 Å². The monoisotopic (exact) mass is 506 g/mol. The lowest BCUT2D eigenvalue weighted by Crippen LogP contribution is -2.55. The number of primary amides is 1. The molecule has 0 aliphatic carbocycles. The first-order chi connectivity index (χ1) is 17.1. The van der Waals surface area contributed by atoms with Crippen LogP contribution in [0.5, 0.6) is 0 Å². The molecule has 0 saturated carbocycles. The molecule has 1 aromatic rings. The lowest BCUT2D eigenvalue weighted by Gasteiger charge is -2.23. The van der Waals surface area contributed by atoms with E-state index in [1.165, 1.54) is 0 Å². The van der Waals surface area contributed by atoms with Crippen molar-refractivity contribution in [1.29, 1.82) is 0 Å². The third-order valence-electron chi connectivity index (χ3n) is 5.06. The fraction of sp³-hybridized carbons (Fsp3) is 0.571. The number of carbonyl (C=O) groups excluding carboxylic acids is 3. The molecule has 0 aliphatic rings. The number of amides is 3. The van der Waals surface area contributed by atoms with Crippen LogP contribution in [-0.4, -0.2) is 70.8 Å².